The van der Waals surface area contributed by atoms with E-state index >= 15 is 0 Å². The molecule has 2 aromatic rings. The third-order valence-electron chi connectivity index (χ3n) is 3.69. The summed E-state index contributed by atoms with van der Waals surface area (Å²) in [5.41, 5.74) is 1.75. The molecule has 126 valence electrons. The van der Waals surface area contributed by atoms with Gasteiger partial charge in [0, 0.05) is 0 Å². The summed E-state index contributed by atoms with van der Waals surface area (Å²) < 4.78 is 19.2. The van der Waals surface area contributed by atoms with Gasteiger partial charge in [0.05, 0.1) is 25.3 Å². The predicted octanol–water partition coefficient (Wildman–Crippen LogP) is 2.66. The average molecular weight is 327 g/mol. The molecule has 6 nitrogen and oxygen atoms in total. The second kappa shape index (κ2) is 8.01. The highest BCUT2D eigenvalue weighted by molar-refractivity contribution is 5.74. The molecule has 0 aliphatic carbocycles. The number of para-hydroxylation sites is 1. The lowest BCUT2D eigenvalue weighted by Crippen LogP contribution is -2.39. The van der Waals surface area contributed by atoms with E-state index in [9.17, 15) is 0 Å². The van der Waals surface area contributed by atoms with Crippen molar-refractivity contribution in [3.05, 3.63) is 61.7 Å². The summed E-state index contributed by atoms with van der Waals surface area (Å²) in [6, 6.07) is 7.78. The van der Waals surface area contributed by atoms with Crippen LogP contribution in [0.5, 0.6) is 0 Å². The van der Waals surface area contributed by atoms with E-state index < -0.39 is 0 Å². The average Bonchev–Trinajstić information content (AvgIpc) is 3.05. The molecule has 0 amide bonds. The van der Waals surface area contributed by atoms with E-state index in [1.54, 1.807) is 16.8 Å². The molecule has 6 heteroatoms. The molecular formula is C18H21N3O3. The first-order valence-corrected chi connectivity index (χ1v) is 7.88. The Morgan fingerprint density at radius 1 is 1.17 bits per heavy atom. The van der Waals surface area contributed by atoms with E-state index in [-0.39, 0.29) is 18.4 Å². The van der Waals surface area contributed by atoms with Crippen LogP contribution < -0.4 is 0 Å². The molecule has 0 saturated heterocycles. The van der Waals surface area contributed by atoms with Crippen molar-refractivity contribution in [2.45, 2.75) is 18.4 Å². The van der Waals surface area contributed by atoms with Gasteiger partial charge in [-0.1, -0.05) is 35.6 Å². The molecule has 1 aliphatic rings. The van der Waals surface area contributed by atoms with Gasteiger partial charge in [0.15, 0.2) is 6.23 Å². The van der Waals surface area contributed by atoms with E-state index in [2.05, 4.69) is 23.5 Å². The van der Waals surface area contributed by atoms with E-state index in [1.807, 2.05) is 36.4 Å². The number of aromatic nitrogens is 3. The first kappa shape index (κ1) is 16.6. The fraction of sp³-hybridized carbons (Fsp3) is 0.333. The van der Waals surface area contributed by atoms with Gasteiger partial charge in [-0.3, -0.25) is 0 Å². The van der Waals surface area contributed by atoms with Crippen molar-refractivity contribution in [2.24, 2.45) is 0 Å². The van der Waals surface area contributed by atoms with Crippen LogP contribution in [0.4, 0.5) is 0 Å². The molecule has 0 unspecified atom stereocenters. The van der Waals surface area contributed by atoms with Crippen LogP contribution in [-0.2, 0) is 14.2 Å². The Morgan fingerprint density at radius 2 is 2.00 bits per heavy atom. The van der Waals surface area contributed by atoms with Gasteiger partial charge < -0.3 is 14.2 Å². The normalized spacial score (nSPS) is 23.4. The Labute approximate surface area is 141 Å². The van der Waals surface area contributed by atoms with Crippen LogP contribution in [0.15, 0.2) is 61.7 Å². The third-order valence-corrected chi connectivity index (χ3v) is 3.69. The molecule has 1 aromatic carbocycles. The molecule has 3 rings (SSSR count). The minimum absolute atomic E-state index is 0.196. The summed E-state index contributed by atoms with van der Waals surface area (Å²) in [6.45, 7) is 8.66. The molecule has 0 radical (unpaired) electrons. The number of ether oxygens (including phenoxy) is 3. The van der Waals surface area contributed by atoms with E-state index in [0.717, 1.165) is 11.0 Å². The van der Waals surface area contributed by atoms with Crippen molar-refractivity contribution in [1.29, 1.82) is 0 Å². The SMILES string of the molecule is C=CCOC[C@H]1O[C@H](n2nnc3ccccc32)C=C[C@@H]1OCC=C. The van der Waals surface area contributed by atoms with Crippen LogP contribution in [0.3, 0.4) is 0 Å². The molecule has 3 atom stereocenters. The van der Waals surface area contributed by atoms with Gasteiger partial charge >= 0.3 is 0 Å². The van der Waals surface area contributed by atoms with Crippen LogP contribution in [0.2, 0.25) is 0 Å². The van der Waals surface area contributed by atoms with Gasteiger partial charge in [-0.15, -0.1) is 18.3 Å². The molecular weight excluding hydrogens is 306 g/mol. The number of rotatable bonds is 8. The largest absolute Gasteiger partial charge is 0.375 e. The summed E-state index contributed by atoms with van der Waals surface area (Å²) in [6.07, 6.45) is 6.54. The molecule has 0 N–H and O–H groups in total. The molecule has 0 bridgehead atoms. The maximum Gasteiger partial charge on any atom is 0.172 e. The zero-order chi connectivity index (χ0) is 16.8. The first-order valence-electron chi connectivity index (χ1n) is 7.88. The second-order valence-electron chi connectivity index (χ2n) is 5.39. The smallest absolute Gasteiger partial charge is 0.172 e. The summed E-state index contributed by atoms with van der Waals surface area (Å²) in [4.78, 5) is 0. The zero-order valence-corrected chi connectivity index (χ0v) is 13.5. The molecule has 0 fully saturated rings. The Hall–Kier alpha value is -2.28. The van der Waals surface area contributed by atoms with Crippen LogP contribution in [0.25, 0.3) is 11.0 Å². The van der Waals surface area contributed by atoms with Gasteiger partial charge in [-0.2, -0.15) is 0 Å². The number of fused-ring (bicyclic) bond motifs is 1. The molecule has 2 heterocycles. The summed E-state index contributed by atoms with van der Waals surface area (Å²) in [7, 11) is 0. The highest BCUT2D eigenvalue weighted by Gasteiger charge is 2.30. The first-order chi connectivity index (χ1) is 11.8. The Balaban J connectivity index is 1.79. The Morgan fingerprint density at radius 3 is 2.83 bits per heavy atom. The summed E-state index contributed by atoms with van der Waals surface area (Å²) in [5, 5.41) is 8.39. The van der Waals surface area contributed by atoms with Gasteiger partial charge in [0.1, 0.15) is 17.7 Å². The highest BCUT2D eigenvalue weighted by atomic mass is 16.6. The molecule has 0 saturated carbocycles. The summed E-state index contributed by atoms with van der Waals surface area (Å²) in [5.74, 6) is 0. The van der Waals surface area contributed by atoms with E-state index in [0.29, 0.717) is 19.8 Å². The fourth-order valence-corrected chi connectivity index (χ4v) is 2.59. The van der Waals surface area contributed by atoms with Crippen molar-refractivity contribution in [3.63, 3.8) is 0 Å². The maximum atomic E-state index is 6.15. The second-order valence-corrected chi connectivity index (χ2v) is 5.39. The lowest BCUT2D eigenvalue weighted by molar-refractivity contribution is -0.128. The van der Waals surface area contributed by atoms with Gasteiger partial charge in [0.2, 0.25) is 0 Å². The van der Waals surface area contributed by atoms with E-state index in [4.69, 9.17) is 14.2 Å². The minimum atomic E-state index is -0.349. The number of nitrogens with zero attached hydrogens (tertiary/aromatic N) is 3. The van der Waals surface area contributed by atoms with Crippen LogP contribution >= 0.6 is 0 Å². The molecule has 1 aromatic heterocycles. The standard InChI is InChI=1S/C18H21N3O3/c1-3-11-22-13-17-16(23-12-4-2)9-10-18(24-17)21-15-8-6-5-7-14(15)19-20-21/h3-10,16-18H,1-2,11-13H2/t16-,17+,18-/m0/s1. The topological polar surface area (TPSA) is 58.4 Å². The van der Waals surface area contributed by atoms with Gasteiger partial charge in [-0.05, 0) is 18.2 Å². The fourth-order valence-electron chi connectivity index (χ4n) is 2.59. The predicted molar refractivity (Wildman–Crippen MR) is 91.5 cm³/mol. The maximum absolute atomic E-state index is 6.15. The Bertz CT molecular complexity index is 725. The number of hydrogen-bond donors (Lipinski definition) is 0. The highest BCUT2D eigenvalue weighted by Crippen LogP contribution is 2.25. The van der Waals surface area contributed by atoms with Crippen LogP contribution in [0.1, 0.15) is 6.23 Å². The van der Waals surface area contributed by atoms with Crippen molar-refractivity contribution >= 4 is 11.0 Å². The van der Waals surface area contributed by atoms with Crippen LogP contribution in [0, 0.1) is 0 Å². The van der Waals surface area contributed by atoms with Crippen molar-refractivity contribution < 1.29 is 14.2 Å². The van der Waals surface area contributed by atoms with Gasteiger partial charge in [-0.25, -0.2) is 4.68 Å². The summed E-state index contributed by atoms with van der Waals surface area (Å²) >= 11 is 0. The quantitative estimate of drug-likeness (QED) is 0.551. The monoisotopic (exact) mass is 327 g/mol. The zero-order valence-electron chi connectivity index (χ0n) is 13.5. The third kappa shape index (κ3) is 3.62. The van der Waals surface area contributed by atoms with Crippen molar-refractivity contribution in [2.75, 3.05) is 19.8 Å². The van der Waals surface area contributed by atoms with E-state index in [1.165, 1.54) is 0 Å². The molecule has 0 spiro atoms. The lowest BCUT2D eigenvalue weighted by Gasteiger charge is -2.32. The van der Waals surface area contributed by atoms with Crippen molar-refractivity contribution in [3.8, 4) is 0 Å². The number of benzene rings is 1. The number of hydrogen-bond acceptors (Lipinski definition) is 5. The lowest BCUT2D eigenvalue weighted by atomic mass is 10.1. The Kier molecular flexibility index (Phi) is 5.53. The molecule has 24 heavy (non-hydrogen) atoms. The van der Waals surface area contributed by atoms with Gasteiger partial charge in [0.25, 0.3) is 0 Å². The minimum Gasteiger partial charge on any atom is -0.375 e. The molecule has 1 aliphatic heterocycles. The van der Waals surface area contributed by atoms with Crippen LogP contribution in [-0.4, -0.2) is 47.0 Å². The van der Waals surface area contributed by atoms with Crippen molar-refractivity contribution in [1.82, 2.24) is 15.0 Å².